The molecule has 0 aliphatic rings. The molecule has 0 radical (unpaired) electrons. The second-order valence-corrected chi connectivity index (χ2v) is 5.97. The van der Waals surface area contributed by atoms with Gasteiger partial charge in [-0.15, -0.1) is 0 Å². The van der Waals surface area contributed by atoms with Gasteiger partial charge in [-0.1, -0.05) is 29.8 Å². The Bertz CT molecular complexity index is 542. The number of nitrogens with two attached hydrogens (primary N) is 1. The molecule has 3 N–H and O–H groups in total. The van der Waals surface area contributed by atoms with Crippen LogP contribution < -0.4 is 11.3 Å². The fourth-order valence-electron chi connectivity index (χ4n) is 2.37. The van der Waals surface area contributed by atoms with Crippen LogP contribution in [0.5, 0.6) is 0 Å². The fourth-order valence-corrected chi connectivity index (χ4v) is 2.37. The van der Waals surface area contributed by atoms with Crippen molar-refractivity contribution in [1.29, 1.82) is 0 Å². The quantitative estimate of drug-likeness (QED) is 0.608. The molecule has 1 aromatic carbocycles. The molecule has 1 aromatic heterocycles. The molecule has 21 heavy (non-hydrogen) atoms. The van der Waals surface area contributed by atoms with Gasteiger partial charge in [-0.25, -0.2) is 0 Å². The number of rotatable bonds is 7. The first-order valence-electron chi connectivity index (χ1n) is 7.64. The molecule has 114 valence electrons. The number of aryl methyl sites for hydroxylation is 2. The zero-order valence-corrected chi connectivity index (χ0v) is 13.2. The minimum Gasteiger partial charge on any atom is -0.271 e. The first-order valence-corrected chi connectivity index (χ1v) is 7.64. The van der Waals surface area contributed by atoms with Crippen molar-refractivity contribution < 1.29 is 0 Å². The predicted molar refractivity (Wildman–Crippen MR) is 86.9 cm³/mol. The van der Waals surface area contributed by atoms with Crippen LogP contribution in [0.1, 0.15) is 43.1 Å². The standard InChI is InChI=1S/C17H26N4/c1-13(2)21-11-10-17(20-21)12-16(19-18)9-8-15-6-4-14(3)5-7-15/h4-7,10-11,13,16,19H,8-9,12,18H2,1-3H3. The van der Waals surface area contributed by atoms with Crippen molar-refractivity contribution in [2.75, 3.05) is 0 Å². The summed E-state index contributed by atoms with van der Waals surface area (Å²) in [6, 6.07) is 11.4. The Labute approximate surface area is 127 Å². The van der Waals surface area contributed by atoms with E-state index in [4.69, 9.17) is 5.84 Å². The second-order valence-electron chi connectivity index (χ2n) is 5.97. The van der Waals surface area contributed by atoms with Crippen LogP contribution in [0, 0.1) is 6.92 Å². The van der Waals surface area contributed by atoms with Crippen molar-refractivity contribution in [3.63, 3.8) is 0 Å². The maximum atomic E-state index is 5.69. The number of hydrogen-bond donors (Lipinski definition) is 2. The van der Waals surface area contributed by atoms with Crippen LogP contribution in [0.15, 0.2) is 36.5 Å². The maximum Gasteiger partial charge on any atom is 0.0640 e. The third-order valence-corrected chi connectivity index (χ3v) is 3.79. The van der Waals surface area contributed by atoms with E-state index in [0.717, 1.165) is 25.0 Å². The van der Waals surface area contributed by atoms with Crippen LogP contribution in [-0.2, 0) is 12.8 Å². The molecule has 1 atom stereocenters. The highest BCUT2D eigenvalue weighted by molar-refractivity contribution is 5.21. The molecule has 4 nitrogen and oxygen atoms in total. The SMILES string of the molecule is Cc1ccc(CCC(Cc2ccn(C(C)C)n2)NN)cc1. The van der Waals surface area contributed by atoms with E-state index in [1.165, 1.54) is 11.1 Å². The molecule has 0 fully saturated rings. The van der Waals surface area contributed by atoms with Gasteiger partial charge < -0.3 is 0 Å². The summed E-state index contributed by atoms with van der Waals surface area (Å²) < 4.78 is 1.99. The molecule has 1 heterocycles. The summed E-state index contributed by atoms with van der Waals surface area (Å²) in [5.41, 5.74) is 6.67. The zero-order valence-electron chi connectivity index (χ0n) is 13.2. The summed E-state index contributed by atoms with van der Waals surface area (Å²) >= 11 is 0. The molecule has 2 aromatic rings. The third-order valence-electron chi connectivity index (χ3n) is 3.79. The molecule has 0 spiro atoms. The van der Waals surface area contributed by atoms with Gasteiger partial charge in [0, 0.05) is 24.7 Å². The fraction of sp³-hybridized carbons (Fsp3) is 0.471. The summed E-state index contributed by atoms with van der Waals surface area (Å²) in [5, 5.41) is 4.59. The van der Waals surface area contributed by atoms with Crippen molar-refractivity contribution in [1.82, 2.24) is 15.2 Å². The molecule has 0 bridgehead atoms. The lowest BCUT2D eigenvalue weighted by Crippen LogP contribution is -2.37. The number of aromatic nitrogens is 2. The van der Waals surface area contributed by atoms with Crippen molar-refractivity contribution in [3.05, 3.63) is 53.3 Å². The minimum atomic E-state index is 0.252. The lowest BCUT2D eigenvalue weighted by molar-refractivity contribution is 0.475. The van der Waals surface area contributed by atoms with E-state index in [9.17, 15) is 0 Å². The Hall–Kier alpha value is -1.65. The van der Waals surface area contributed by atoms with Gasteiger partial charge in [0.2, 0.25) is 0 Å². The van der Waals surface area contributed by atoms with Crippen LogP contribution in [0.3, 0.4) is 0 Å². The van der Waals surface area contributed by atoms with E-state index in [1.807, 2.05) is 10.9 Å². The Kier molecular flexibility index (Phi) is 5.53. The van der Waals surface area contributed by atoms with E-state index in [2.05, 4.69) is 61.6 Å². The van der Waals surface area contributed by atoms with E-state index < -0.39 is 0 Å². The van der Waals surface area contributed by atoms with Gasteiger partial charge in [-0.05, 0) is 45.2 Å². The molecule has 2 rings (SSSR count). The molecular weight excluding hydrogens is 260 g/mol. The highest BCUT2D eigenvalue weighted by Gasteiger charge is 2.11. The summed E-state index contributed by atoms with van der Waals surface area (Å²) in [7, 11) is 0. The van der Waals surface area contributed by atoms with Gasteiger partial charge >= 0.3 is 0 Å². The summed E-state index contributed by atoms with van der Waals surface area (Å²) in [6.45, 7) is 6.37. The number of benzene rings is 1. The topological polar surface area (TPSA) is 55.9 Å². The van der Waals surface area contributed by atoms with Crippen molar-refractivity contribution >= 4 is 0 Å². The van der Waals surface area contributed by atoms with E-state index >= 15 is 0 Å². The van der Waals surface area contributed by atoms with E-state index in [1.54, 1.807) is 0 Å². The van der Waals surface area contributed by atoms with Crippen molar-refractivity contribution in [2.45, 2.75) is 52.1 Å². The van der Waals surface area contributed by atoms with Crippen LogP contribution in [-0.4, -0.2) is 15.8 Å². The summed E-state index contributed by atoms with van der Waals surface area (Å²) in [4.78, 5) is 0. The van der Waals surface area contributed by atoms with Gasteiger partial charge in [-0.2, -0.15) is 5.10 Å². The normalized spacial score (nSPS) is 12.8. The number of nitrogens with one attached hydrogen (secondary N) is 1. The molecule has 0 saturated heterocycles. The highest BCUT2D eigenvalue weighted by atomic mass is 15.3. The zero-order chi connectivity index (χ0) is 15.2. The largest absolute Gasteiger partial charge is 0.271 e. The first kappa shape index (κ1) is 15.7. The van der Waals surface area contributed by atoms with Gasteiger partial charge in [-0.3, -0.25) is 16.0 Å². The minimum absolute atomic E-state index is 0.252. The smallest absolute Gasteiger partial charge is 0.0640 e. The third kappa shape index (κ3) is 4.69. The molecule has 0 aliphatic heterocycles. The Morgan fingerprint density at radius 1 is 1.19 bits per heavy atom. The van der Waals surface area contributed by atoms with E-state index in [0.29, 0.717) is 6.04 Å². The lowest BCUT2D eigenvalue weighted by atomic mass is 10.0. The van der Waals surface area contributed by atoms with Gasteiger partial charge in [0.05, 0.1) is 5.69 Å². The molecule has 0 aliphatic carbocycles. The van der Waals surface area contributed by atoms with Gasteiger partial charge in [0.25, 0.3) is 0 Å². The molecule has 0 amide bonds. The Balaban J connectivity index is 1.88. The predicted octanol–water partition coefficient (Wildman–Crippen LogP) is 2.78. The second kappa shape index (κ2) is 7.38. The molecular formula is C17H26N4. The van der Waals surface area contributed by atoms with Gasteiger partial charge in [0.15, 0.2) is 0 Å². The summed E-state index contributed by atoms with van der Waals surface area (Å²) in [5.74, 6) is 5.69. The average molecular weight is 286 g/mol. The summed E-state index contributed by atoms with van der Waals surface area (Å²) in [6.07, 6.45) is 4.93. The lowest BCUT2D eigenvalue weighted by Gasteiger charge is -2.14. The van der Waals surface area contributed by atoms with Crippen LogP contribution in [0.25, 0.3) is 0 Å². The van der Waals surface area contributed by atoms with Crippen LogP contribution in [0.2, 0.25) is 0 Å². The van der Waals surface area contributed by atoms with Crippen LogP contribution in [0.4, 0.5) is 0 Å². The first-order chi connectivity index (χ1) is 10.1. The number of hydrazine groups is 1. The molecule has 4 heteroatoms. The Morgan fingerprint density at radius 3 is 2.48 bits per heavy atom. The average Bonchev–Trinajstić information content (AvgIpc) is 2.94. The molecule has 1 unspecified atom stereocenters. The van der Waals surface area contributed by atoms with Crippen LogP contribution >= 0.6 is 0 Å². The van der Waals surface area contributed by atoms with E-state index in [-0.39, 0.29) is 6.04 Å². The number of hydrogen-bond acceptors (Lipinski definition) is 3. The molecule has 0 saturated carbocycles. The highest BCUT2D eigenvalue weighted by Crippen LogP contribution is 2.11. The monoisotopic (exact) mass is 286 g/mol. The number of nitrogens with zero attached hydrogens (tertiary/aromatic N) is 2. The van der Waals surface area contributed by atoms with Crippen molar-refractivity contribution in [2.24, 2.45) is 5.84 Å². The Morgan fingerprint density at radius 2 is 1.90 bits per heavy atom. The maximum absolute atomic E-state index is 5.69. The van der Waals surface area contributed by atoms with Gasteiger partial charge in [0.1, 0.15) is 0 Å². The van der Waals surface area contributed by atoms with Crippen molar-refractivity contribution in [3.8, 4) is 0 Å².